The molecular formula is C26H34O2. The van der Waals surface area contributed by atoms with E-state index in [0.717, 1.165) is 36.1 Å². The minimum absolute atomic E-state index is 0.0730. The zero-order chi connectivity index (χ0) is 20.7. The lowest BCUT2D eigenvalue weighted by molar-refractivity contribution is -0.140. The fourth-order valence-electron chi connectivity index (χ4n) is 3.79. The van der Waals surface area contributed by atoms with Crippen LogP contribution in [-0.2, 0) is 22.0 Å². The lowest BCUT2D eigenvalue weighted by atomic mass is 9.78. The highest BCUT2D eigenvalue weighted by atomic mass is 16.5. The van der Waals surface area contributed by atoms with Crippen LogP contribution in [-0.4, -0.2) is 5.97 Å². The van der Waals surface area contributed by atoms with Gasteiger partial charge < -0.3 is 4.74 Å². The lowest BCUT2D eigenvalue weighted by Gasteiger charge is -2.30. The summed E-state index contributed by atoms with van der Waals surface area (Å²) in [6.07, 6.45) is 2.57. The molecule has 0 bridgehead atoms. The van der Waals surface area contributed by atoms with Crippen molar-refractivity contribution in [1.29, 1.82) is 0 Å². The smallest absolute Gasteiger partial charge is 0.317 e. The van der Waals surface area contributed by atoms with Gasteiger partial charge in [-0.1, -0.05) is 89.6 Å². The molecule has 0 amide bonds. The molecule has 150 valence electrons. The van der Waals surface area contributed by atoms with E-state index in [4.69, 9.17) is 4.74 Å². The van der Waals surface area contributed by atoms with Gasteiger partial charge in [-0.25, -0.2) is 0 Å². The van der Waals surface area contributed by atoms with Gasteiger partial charge in [0.1, 0.15) is 5.75 Å². The minimum Gasteiger partial charge on any atom is -0.425 e. The maximum absolute atomic E-state index is 13.3. The third-order valence-corrected chi connectivity index (χ3v) is 5.72. The van der Waals surface area contributed by atoms with Crippen molar-refractivity contribution in [3.63, 3.8) is 0 Å². The van der Waals surface area contributed by atoms with Crippen LogP contribution in [0, 0.1) is 12.3 Å². The minimum atomic E-state index is -0.365. The van der Waals surface area contributed by atoms with E-state index < -0.39 is 0 Å². The molecule has 0 atom stereocenters. The molecule has 1 aliphatic rings. The SMILES string of the molecule is Cc1cc(C(C)(C)C)c(OC(=O)C2(Cc3ccccc3)CC2)c(C(C)(C)C)c1. The second-order valence-corrected chi connectivity index (χ2v) is 10.5. The molecule has 0 spiro atoms. The van der Waals surface area contributed by atoms with Crippen molar-refractivity contribution in [2.75, 3.05) is 0 Å². The van der Waals surface area contributed by atoms with E-state index in [0.29, 0.717) is 0 Å². The maximum Gasteiger partial charge on any atom is 0.317 e. The number of aryl methyl sites for hydroxylation is 1. The molecule has 2 heteroatoms. The van der Waals surface area contributed by atoms with E-state index in [1.54, 1.807) is 0 Å². The van der Waals surface area contributed by atoms with Gasteiger partial charge in [0.2, 0.25) is 0 Å². The molecule has 0 aliphatic heterocycles. The van der Waals surface area contributed by atoms with Crippen LogP contribution in [0.15, 0.2) is 42.5 Å². The highest BCUT2D eigenvalue weighted by molar-refractivity contribution is 5.83. The Morgan fingerprint density at radius 1 is 0.929 bits per heavy atom. The lowest BCUT2D eigenvalue weighted by Crippen LogP contribution is -2.28. The number of esters is 1. The van der Waals surface area contributed by atoms with Crippen LogP contribution < -0.4 is 4.74 Å². The Morgan fingerprint density at radius 3 is 1.86 bits per heavy atom. The van der Waals surface area contributed by atoms with Crippen molar-refractivity contribution in [1.82, 2.24) is 0 Å². The highest BCUT2D eigenvalue weighted by Gasteiger charge is 2.51. The van der Waals surface area contributed by atoms with Gasteiger partial charge in [0.25, 0.3) is 0 Å². The van der Waals surface area contributed by atoms with Gasteiger partial charge in [0.15, 0.2) is 0 Å². The van der Waals surface area contributed by atoms with Crippen LogP contribution in [0.3, 0.4) is 0 Å². The fourth-order valence-corrected chi connectivity index (χ4v) is 3.79. The number of carbonyl (C=O) groups is 1. The van der Waals surface area contributed by atoms with Crippen LogP contribution in [0.5, 0.6) is 5.75 Å². The van der Waals surface area contributed by atoms with Crippen molar-refractivity contribution in [2.24, 2.45) is 5.41 Å². The van der Waals surface area contributed by atoms with Gasteiger partial charge in [-0.15, -0.1) is 0 Å². The van der Waals surface area contributed by atoms with Gasteiger partial charge >= 0.3 is 5.97 Å². The summed E-state index contributed by atoms with van der Waals surface area (Å²) in [5.41, 5.74) is 4.07. The summed E-state index contributed by atoms with van der Waals surface area (Å²) < 4.78 is 6.25. The number of benzene rings is 2. The monoisotopic (exact) mass is 378 g/mol. The Balaban J connectivity index is 1.98. The molecule has 1 fully saturated rings. The van der Waals surface area contributed by atoms with Gasteiger partial charge in [0, 0.05) is 11.1 Å². The van der Waals surface area contributed by atoms with Crippen molar-refractivity contribution >= 4 is 5.97 Å². The van der Waals surface area contributed by atoms with Crippen LogP contribution in [0.4, 0.5) is 0 Å². The van der Waals surface area contributed by atoms with E-state index >= 15 is 0 Å². The van der Waals surface area contributed by atoms with E-state index in [9.17, 15) is 4.79 Å². The second kappa shape index (κ2) is 7.06. The molecule has 2 aromatic rings. The summed E-state index contributed by atoms with van der Waals surface area (Å²) in [7, 11) is 0. The summed E-state index contributed by atoms with van der Waals surface area (Å²) in [5, 5.41) is 0. The van der Waals surface area contributed by atoms with Gasteiger partial charge in [0.05, 0.1) is 5.41 Å². The third kappa shape index (κ3) is 4.32. The average molecular weight is 379 g/mol. The Hall–Kier alpha value is -2.09. The summed E-state index contributed by atoms with van der Waals surface area (Å²) in [4.78, 5) is 13.3. The number of ether oxygens (including phenoxy) is 1. The summed E-state index contributed by atoms with van der Waals surface area (Å²) in [6.45, 7) is 15.2. The van der Waals surface area contributed by atoms with Crippen molar-refractivity contribution in [3.8, 4) is 5.75 Å². The highest BCUT2D eigenvalue weighted by Crippen LogP contribution is 2.51. The van der Waals surface area contributed by atoms with Gasteiger partial charge in [-0.05, 0) is 42.6 Å². The van der Waals surface area contributed by atoms with Gasteiger partial charge in [-0.2, -0.15) is 0 Å². The largest absolute Gasteiger partial charge is 0.425 e. The predicted molar refractivity (Wildman–Crippen MR) is 116 cm³/mol. The van der Waals surface area contributed by atoms with Crippen LogP contribution in [0.2, 0.25) is 0 Å². The number of carbonyl (C=O) groups excluding carboxylic acids is 1. The van der Waals surface area contributed by atoms with Crippen LogP contribution in [0.25, 0.3) is 0 Å². The molecule has 0 radical (unpaired) electrons. The van der Waals surface area contributed by atoms with Crippen molar-refractivity contribution in [2.45, 2.75) is 78.6 Å². The molecule has 2 nitrogen and oxygen atoms in total. The summed E-state index contributed by atoms with van der Waals surface area (Å²) in [6, 6.07) is 14.6. The van der Waals surface area contributed by atoms with Gasteiger partial charge in [-0.3, -0.25) is 4.79 Å². The van der Waals surface area contributed by atoms with E-state index in [1.165, 1.54) is 11.1 Å². The van der Waals surface area contributed by atoms with Crippen molar-refractivity contribution < 1.29 is 9.53 Å². The van der Waals surface area contributed by atoms with Crippen molar-refractivity contribution in [3.05, 3.63) is 64.7 Å². The third-order valence-electron chi connectivity index (χ3n) is 5.72. The zero-order valence-corrected chi connectivity index (χ0v) is 18.5. The first-order valence-electron chi connectivity index (χ1n) is 10.3. The maximum atomic E-state index is 13.3. The molecule has 0 saturated heterocycles. The Morgan fingerprint density at radius 2 is 1.43 bits per heavy atom. The van der Waals surface area contributed by atoms with E-state index in [-0.39, 0.29) is 22.2 Å². The first-order valence-corrected chi connectivity index (χ1v) is 10.3. The fraction of sp³-hybridized carbons (Fsp3) is 0.500. The number of hydrogen-bond donors (Lipinski definition) is 0. The Bertz CT molecular complexity index is 825. The molecule has 3 rings (SSSR count). The molecule has 0 heterocycles. The zero-order valence-electron chi connectivity index (χ0n) is 18.5. The van der Waals surface area contributed by atoms with E-state index in [1.807, 2.05) is 18.2 Å². The first kappa shape index (κ1) is 20.6. The Kier molecular flexibility index (Phi) is 5.20. The summed E-state index contributed by atoms with van der Waals surface area (Å²) >= 11 is 0. The van der Waals surface area contributed by atoms with E-state index in [2.05, 4.69) is 72.7 Å². The molecule has 1 saturated carbocycles. The van der Waals surface area contributed by atoms with Crippen LogP contribution >= 0.6 is 0 Å². The average Bonchev–Trinajstić information content (AvgIpc) is 3.36. The topological polar surface area (TPSA) is 26.3 Å². The number of hydrogen-bond acceptors (Lipinski definition) is 2. The second-order valence-electron chi connectivity index (χ2n) is 10.5. The Labute approximate surface area is 170 Å². The quantitative estimate of drug-likeness (QED) is 0.447. The summed E-state index contributed by atoms with van der Waals surface area (Å²) in [5.74, 6) is 0.700. The molecule has 0 aromatic heterocycles. The van der Waals surface area contributed by atoms with Crippen LogP contribution in [0.1, 0.15) is 76.6 Å². The molecule has 0 N–H and O–H groups in total. The number of rotatable bonds is 4. The molecular weight excluding hydrogens is 344 g/mol. The molecule has 28 heavy (non-hydrogen) atoms. The normalized spacial score (nSPS) is 16.0. The molecule has 1 aliphatic carbocycles. The first-order chi connectivity index (χ1) is 12.9. The predicted octanol–water partition coefficient (Wildman–Crippen LogP) is 6.52. The standard InChI is InChI=1S/C26H34O2/c1-18-15-20(24(2,3)4)22(21(16-18)25(5,6)7)28-23(27)26(13-14-26)17-19-11-9-8-10-12-19/h8-12,15-16H,13-14,17H2,1-7H3. The molecule has 2 aromatic carbocycles. The molecule has 0 unspecified atom stereocenters.